The molecule has 3 rings (SSSR count). The van der Waals surface area contributed by atoms with Crippen molar-refractivity contribution in [1.29, 1.82) is 0 Å². The maximum atomic E-state index is 12.5. The summed E-state index contributed by atoms with van der Waals surface area (Å²) >= 11 is 3.32. The van der Waals surface area contributed by atoms with Crippen LogP contribution in [0.15, 0.2) is 52.5 Å². The van der Waals surface area contributed by atoms with Crippen LogP contribution >= 0.6 is 15.9 Å². The molecule has 1 aliphatic heterocycles. The second kappa shape index (κ2) is 5.89. The highest BCUT2D eigenvalue weighted by molar-refractivity contribution is 9.10. The van der Waals surface area contributed by atoms with Crippen molar-refractivity contribution in [2.45, 2.75) is 6.92 Å². The fraction of sp³-hybridized carbons (Fsp3) is 0.0588. The second-order valence-corrected chi connectivity index (χ2v) is 6.09. The van der Waals surface area contributed by atoms with Crippen molar-refractivity contribution in [3.63, 3.8) is 0 Å². The average molecular weight is 373 g/mol. The molecule has 0 saturated carbocycles. The van der Waals surface area contributed by atoms with Gasteiger partial charge in [0.25, 0.3) is 11.8 Å². The summed E-state index contributed by atoms with van der Waals surface area (Å²) in [5.41, 5.74) is 4.42. The zero-order chi connectivity index (χ0) is 16.6. The van der Waals surface area contributed by atoms with E-state index in [1.54, 1.807) is 36.4 Å². The molecule has 5 nitrogen and oxygen atoms in total. The Kier molecular flexibility index (Phi) is 3.92. The quantitative estimate of drug-likeness (QED) is 0.628. The van der Waals surface area contributed by atoms with Crippen molar-refractivity contribution in [3.8, 4) is 5.75 Å². The molecule has 2 N–H and O–H groups in total. The Morgan fingerprint density at radius 1 is 1.13 bits per heavy atom. The van der Waals surface area contributed by atoms with Crippen molar-refractivity contribution in [2.24, 2.45) is 0 Å². The Labute approximate surface area is 141 Å². The Balaban J connectivity index is 1.97. The molecule has 1 heterocycles. The van der Waals surface area contributed by atoms with Gasteiger partial charge >= 0.3 is 0 Å². The third-order valence-corrected chi connectivity index (χ3v) is 3.99. The fourth-order valence-corrected chi connectivity index (χ4v) is 2.54. The molecular weight excluding hydrogens is 360 g/mol. The summed E-state index contributed by atoms with van der Waals surface area (Å²) < 4.78 is 0.875. The first-order chi connectivity index (χ1) is 11.0. The number of carbonyl (C=O) groups excluding carboxylic acids is 2. The number of rotatable bonds is 2. The van der Waals surface area contributed by atoms with E-state index in [0.717, 1.165) is 10.0 Å². The van der Waals surface area contributed by atoms with Crippen molar-refractivity contribution in [2.75, 3.05) is 5.01 Å². The van der Waals surface area contributed by atoms with Crippen LogP contribution in [-0.4, -0.2) is 16.9 Å². The van der Waals surface area contributed by atoms with Crippen LogP contribution in [0.4, 0.5) is 5.69 Å². The summed E-state index contributed by atoms with van der Waals surface area (Å²) in [4.78, 5) is 24.6. The second-order valence-electron chi connectivity index (χ2n) is 5.18. The Bertz CT molecular complexity index is 828. The van der Waals surface area contributed by atoms with Gasteiger partial charge in [-0.05, 0) is 49.4 Å². The predicted molar refractivity (Wildman–Crippen MR) is 90.6 cm³/mol. The van der Waals surface area contributed by atoms with E-state index in [0.29, 0.717) is 11.3 Å². The lowest BCUT2D eigenvalue weighted by molar-refractivity contribution is -0.117. The number of phenolic OH excluding ortho intramolecular Hbond substituents is 1. The van der Waals surface area contributed by atoms with E-state index < -0.39 is 11.8 Å². The number of nitrogens with zero attached hydrogens (tertiary/aromatic N) is 1. The van der Waals surface area contributed by atoms with Gasteiger partial charge in [0.15, 0.2) is 0 Å². The van der Waals surface area contributed by atoms with Crippen molar-refractivity contribution >= 4 is 39.5 Å². The van der Waals surface area contributed by atoms with Crippen molar-refractivity contribution < 1.29 is 14.7 Å². The maximum absolute atomic E-state index is 12.5. The lowest BCUT2D eigenvalue weighted by atomic mass is 10.1. The molecule has 0 aliphatic carbocycles. The van der Waals surface area contributed by atoms with Crippen LogP contribution in [0.5, 0.6) is 5.75 Å². The average Bonchev–Trinajstić information content (AvgIpc) is 2.80. The summed E-state index contributed by atoms with van der Waals surface area (Å²) in [6, 6.07) is 12.0. The van der Waals surface area contributed by atoms with Gasteiger partial charge in [-0.1, -0.05) is 27.6 Å². The number of benzene rings is 2. The number of hydrogen-bond donors (Lipinski definition) is 2. The molecule has 1 aliphatic rings. The molecule has 0 bridgehead atoms. The Hall–Kier alpha value is -2.60. The molecule has 1 saturated heterocycles. The molecule has 1 fully saturated rings. The normalized spacial score (nSPS) is 16.1. The van der Waals surface area contributed by atoms with E-state index in [4.69, 9.17) is 0 Å². The summed E-state index contributed by atoms with van der Waals surface area (Å²) in [6.45, 7) is 1.87. The highest BCUT2D eigenvalue weighted by Gasteiger charge is 2.34. The number of aryl methyl sites for hydroxylation is 1. The zero-order valence-electron chi connectivity index (χ0n) is 12.2. The predicted octanol–water partition coefficient (Wildman–Crippen LogP) is 2.92. The Morgan fingerprint density at radius 2 is 1.83 bits per heavy atom. The third kappa shape index (κ3) is 2.98. The smallest absolute Gasteiger partial charge is 0.282 e. The minimum Gasteiger partial charge on any atom is -0.507 e. The van der Waals surface area contributed by atoms with Crippen LogP contribution in [0.2, 0.25) is 0 Å². The number of aromatic hydroxyl groups is 1. The van der Waals surface area contributed by atoms with Crippen LogP contribution in [0, 0.1) is 6.92 Å². The molecule has 2 amide bonds. The number of hydrogen-bond acceptors (Lipinski definition) is 3. The van der Waals surface area contributed by atoms with Gasteiger partial charge in [0, 0.05) is 10.0 Å². The zero-order valence-corrected chi connectivity index (χ0v) is 13.8. The molecule has 0 aromatic heterocycles. The lowest BCUT2D eigenvalue weighted by Gasteiger charge is -2.14. The van der Waals surface area contributed by atoms with Gasteiger partial charge in [-0.25, -0.2) is 5.01 Å². The number of halogens is 1. The monoisotopic (exact) mass is 372 g/mol. The van der Waals surface area contributed by atoms with E-state index in [-0.39, 0.29) is 11.3 Å². The van der Waals surface area contributed by atoms with E-state index in [1.807, 2.05) is 6.92 Å². The van der Waals surface area contributed by atoms with Crippen LogP contribution in [0.1, 0.15) is 11.1 Å². The number of carbonyl (C=O) groups is 2. The molecular formula is C17H13BrN2O3. The van der Waals surface area contributed by atoms with Gasteiger partial charge in [0.05, 0.1) is 5.69 Å². The number of phenols is 1. The van der Waals surface area contributed by atoms with Gasteiger partial charge in [-0.15, -0.1) is 0 Å². The largest absolute Gasteiger partial charge is 0.507 e. The molecule has 0 radical (unpaired) electrons. The van der Waals surface area contributed by atoms with Crippen molar-refractivity contribution in [3.05, 3.63) is 63.6 Å². The van der Waals surface area contributed by atoms with Gasteiger partial charge in [0.2, 0.25) is 0 Å². The molecule has 2 aromatic rings. The first-order valence-electron chi connectivity index (χ1n) is 6.88. The SMILES string of the molecule is Cc1ccc(O)c(/C=C2/C(=O)NN(c3ccc(Br)cc3)C2=O)c1. The van der Waals surface area contributed by atoms with Gasteiger partial charge in [0.1, 0.15) is 11.3 Å². The topological polar surface area (TPSA) is 69.6 Å². The highest BCUT2D eigenvalue weighted by Crippen LogP contribution is 2.26. The van der Waals surface area contributed by atoms with Crippen LogP contribution in [0.25, 0.3) is 6.08 Å². The van der Waals surface area contributed by atoms with Gasteiger partial charge in [-0.3, -0.25) is 15.0 Å². The van der Waals surface area contributed by atoms with Crippen LogP contribution in [0.3, 0.4) is 0 Å². The molecule has 0 unspecified atom stereocenters. The molecule has 6 heteroatoms. The van der Waals surface area contributed by atoms with Crippen LogP contribution in [-0.2, 0) is 9.59 Å². The minimum absolute atomic E-state index is 0.0193. The van der Waals surface area contributed by atoms with E-state index in [1.165, 1.54) is 17.2 Å². The molecule has 116 valence electrons. The van der Waals surface area contributed by atoms with E-state index in [9.17, 15) is 14.7 Å². The van der Waals surface area contributed by atoms with Crippen molar-refractivity contribution in [1.82, 2.24) is 5.43 Å². The summed E-state index contributed by atoms with van der Waals surface area (Å²) in [6.07, 6.45) is 1.40. The number of hydrazine groups is 1. The highest BCUT2D eigenvalue weighted by atomic mass is 79.9. The summed E-state index contributed by atoms with van der Waals surface area (Å²) in [5, 5.41) is 11.1. The standard InChI is InChI=1S/C17H13BrN2O3/c1-10-2-7-15(21)11(8-10)9-14-16(22)19-20(17(14)23)13-5-3-12(18)4-6-13/h2-9,21H,1H3,(H,19,22)/b14-9-. The molecule has 23 heavy (non-hydrogen) atoms. The summed E-state index contributed by atoms with van der Waals surface area (Å²) in [7, 11) is 0. The minimum atomic E-state index is -0.501. The number of anilines is 1. The fourth-order valence-electron chi connectivity index (χ4n) is 2.27. The first kappa shape index (κ1) is 15.3. The third-order valence-electron chi connectivity index (χ3n) is 3.46. The first-order valence-corrected chi connectivity index (χ1v) is 7.67. The summed E-state index contributed by atoms with van der Waals surface area (Å²) in [5.74, 6) is -0.942. The molecule has 0 spiro atoms. The van der Waals surface area contributed by atoms with E-state index in [2.05, 4.69) is 21.4 Å². The molecule has 0 atom stereocenters. The molecule has 2 aromatic carbocycles. The number of amides is 2. The maximum Gasteiger partial charge on any atom is 0.282 e. The lowest BCUT2D eigenvalue weighted by Crippen LogP contribution is -2.35. The van der Waals surface area contributed by atoms with Gasteiger partial charge in [-0.2, -0.15) is 0 Å². The van der Waals surface area contributed by atoms with Gasteiger partial charge < -0.3 is 5.11 Å². The van der Waals surface area contributed by atoms with E-state index >= 15 is 0 Å². The Morgan fingerprint density at radius 3 is 2.52 bits per heavy atom. The van der Waals surface area contributed by atoms with Crippen LogP contribution < -0.4 is 10.4 Å². The number of nitrogens with one attached hydrogen (secondary N) is 1.